The fraction of sp³-hybridized carbons (Fsp3) is 0.0556. The smallest absolute Gasteiger partial charge is 0.337 e. The van der Waals surface area contributed by atoms with Gasteiger partial charge in [0.25, 0.3) is 0 Å². The monoisotopic (exact) mass is 290 g/mol. The average molecular weight is 290 g/mol. The third-order valence-electron chi connectivity index (χ3n) is 3.33. The van der Waals surface area contributed by atoms with Crippen LogP contribution in [0.25, 0.3) is 22.5 Å². The second kappa shape index (κ2) is 6.18. The summed E-state index contributed by atoms with van der Waals surface area (Å²) in [6.45, 7) is 0. The van der Waals surface area contributed by atoms with Crippen LogP contribution in [0.4, 0.5) is 0 Å². The van der Waals surface area contributed by atoms with Crippen LogP contribution in [0.5, 0.6) is 0 Å². The number of ether oxygens (including phenoxy) is 1. The molecule has 2 aromatic heterocycles. The van der Waals surface area contributed by atoms with Crippen molar-refractivity contribution in [1.29, 1.82) is 0 Å². The van der Waals surface area contributed by atoms with Crippen molar-refractivity contribution < 1.29 is 9.53 Å². The Morgan fingerprint density at radius 1 is 0.909 bits per heavy atom. The summed E-state index contributed by atoms with van der Waals surface area (Å²) < 4.78 is 4.71. The number of pyridine rings is 2. The molecule has 0 aliphatic rings. The normalized spacial score (nSPS) is 10.2. The van der Waals surface area contributed by atoms with Gasteiger partial charge in [0, 0.05) is 18.0 Å². The van der Waals surface area contributed by atoms with Crippen LogP contribution in [0, 0.1) is 0 Å². The highest BCUT2D eigenvalue weighted by Gasteiger charge is 2.10. The Labute approximate surface area is 128 Å². The molecule has 0 radical (unpaired) electrons. The Bertz CT molecular complexity index is 784. The Morgan fingerprint density at radius 2 is 1.68 bits per heavy atom. The maximum absolute atomic E-state index is 11.5. The van der Waals surface area contributed by atoms with E-state index in [1.807, 2.05) is 42.5 Å². The van der Waals surface area contributed by atoms with E-state index in [0.717, 1.165) is 22.5 Å². The Kier molecular flexibility index (Phi) is 3.92. The molecule has 0 saturated heterocycles. The lowest BCUT2D eigenvalue weighted by Crippen LogP contribution is -2.00. The van der Waals surface area contributed by atoms with E-state index in [2.05, 4.69) is 9.97 Å². The van der Waals surface area contributed by atoms with E-state index in [1.54, 1.807) is 24.5 Å². The molecule has 4 heteroatoms. The lowest BCUT2D eigenvalue weighted by atomic mass is 10.0. The first-order valence-corrected chi connectivity index (χ1v) is 6.85. The van der Waals surface area contributed by atoms with Crippen LogP contribution in [0.2, 0.25) is 0 Å². The van der Waals surface area contributed by atoms with Gasteiger partial charge in [-0.1, -0.05) is 24.3 Å². The van der Waals surface area contributed by atoms with Gasteiger partial charge in [0.05, 0.1) is 24.1 Å². The predicted octanol–water partition coefficient (Wildman–Crippen LogP) is 3.60. The summed E-state index contributed by atoms with van der Waals surface area (Å²) in [5, 5.41) is 0. The van der Waals surface area contributed by atoms with E-state index in [4.69, 9.17) is 4.74 Å². The quantitative estimate of drug-likeness (QED) is 0.692. The van der Waals surface area contributed by atoms with Gasteiger partial charge in [-0.05, 0) is 35.9 Å². The van der Waals surface area contributed by atoms with Gasteiger partial charge in [-0.3, -0.25) is 9.97 Å². The molecule has 22 heavy (non-hydrogen) atoms. The van der Waals surface area contributed by atoms with Crippen LogP contribution >= 0.6 is 0 Å². The standard InChI is InChI=1S/C18H14N2O2/c1-22-18(21)14-9-7-13(8-10-14)15-5-4-12-20-17(15)16-6-2-3-11-19-16/h2-12H,1H3. The van der Waals surface area contributed by atoms with Crippen molar-refractivity contribution >= 4 is 5.97 Å². The largest absolute Gasteiger partial charge is 0.465 e. The van der Waals surface area contributed by atoms with Gasteiger partial charge < -0.3 is 4.74 Å². The Hall–Kier alpha value is -3.01. The second-order valence-electron chi connectivity index (χ2n) is 4.68. The first kappa shape index (κ1) is 13.9. The number of rotatable bonds is 3. The van der Waals surface area contributed by atoms with Gasteiger partial charge in [0.2, 0.25) is 0 Å². The first-order valence-electron chi connectivity index (χ1n) is 6.85. The molecule has 0 aliphatic carbocycles. The lowest BCUT2D eigenvalue weighted by molar-refractivity contribution is 0.0601. The molecule has 3 rings (SSSR count). The van der Waals surface area contributed by atoms with E-state index in [1.165, 1.54) is 7.11 Å². The molecule has 0 spiro atoms. The molecular formula is C18H14N2O2. The zero-order chi connectivity index (χ0) is 15.4. The van der Waals surface area contributed by atoms with E-state index in [9.17, 15) is 4.79 Å². The molecule has 108 valence electrons. The van der Waals surface area contributed by atoms with Crippen LogP contribution in [0.1, 0.15) is 10.4 Å². The van der Waals surface area contributed by atoms with Crippen LogP contribution in [0.15, 0.2) is 67.0 Å². The molecule has 0 atom stereocenters. The molecular weight excluding hydrogens is 276 g/mol. The molecule has 0 amide bonds. The van der Waals surface area contributed by atoms with E-state index in [0.29, 0.717) is 5.56 Å². The maximum atomic E-state index is 11.5. The van der Waals surface area contributed by atoms with Crippen molar-refractivity contribution in [1.82, 2.24) is 9.97 Å². The predicted molar refractivity (Wildman–Crippen MR) is 84.2 cm³/mol. The minimum absolute atomic E-state index is 0.345. The number of benzene rings is 1. The molecule has 0 aliphatic heterocycles. The number of carbonyl (C=O) groups is 1. The van der Waals surface area contributed by atoms with Gasteiger partial charge >= 0.3 is 5.97 Å². The highest BCUT2D eigenvalue weighted by atomic mass is 16.5. The van der Waals surface area contributed by atoms with E-state index >= 15 is 0 Å². The molecule has 0 saturated carbocycles. The highest BCUT2D eigenvalue weighted by molar-refractivity contribution is 5.90. The zero-order valence-corrected chi connectivity index (χ0v) is 12.1. The maximum Gasteiger partial charge on any atom is 0.337 e. The lowest BCUT2D eigenvalue weighted by Gasteiger charge is -2.08. The molecule has 3 aromatic rings. The molecule has 0 bridgehead atoms. The molecule has 0 N–H and O–H groups in total. The molecule has 0 unspecified atom stereocenters. The van der Waals surface area contributed by atoms with Gasteiger partial charge in [0.1, 0.15) is 0 Å². The summed E-state index contributed by atoms with van der Waals surface area (Å²) in [6, 6.07) is 16.9. The summed E-state index contributed by atoms with van der Waals surface area (Å²) in [7, 11) is 1.37. The van der Waals surface area contributed by atoms with Gasteiger partial charge in [0.15, 0.2) is 0 Å². The van der Waals surface area contributed by atoms with Crippen molar-refractivity contribution in [2.24, 2.45) is 0 Å². The van der Waals surface area contributed by atoms with Gasteiger partial charge in [-0.15, -0.1) is 0 Å². The number of esters is 1. The third kappa shape index (κ3) is 2.72. The van der Waals surface area contributed by atoms with Crippen LogP contribution in [-0.4, -0.2) is 23.0 Å². The average Bonchev–Trinajstić information content (AvgIpc) is 2.62. The molecule has 2 heterocycles. The number of aromatic nitrogens is 2. The van der Waals surface area contributed by atoms with Crippen LogP contribution in [0.3, 0.4) is 0 Å². The number of hydrogen-bond donors (Lipinski definition) is 0. The minimum Gasteiger partial charge on any atom is -0.465 e. The van der Waals surface area contributed by atoms with Crippen molar-refractivity contribution in [2.45, 2.75) is 0 Å². The summed E-state index contributed by atoms with van der Waals surface area (Å²) in [4.78, 5) is 20.3. The van der Waals surface area contributed by atoms with Crippen LogP contribution < -0.4 is 0 Å². The van der Waals surface area contributed by atoms with Crippen molar-refractivity contribution in [3.63, 3.8) is 0 Å². The van der Waals surface area contributed by atoms with Crippen LogP contribution in [-0.2, 0) is 4.74 Å². The SMILES string of the molecule is COC(=O)c1ccc(-c2cccnc2-c2ccccn2)cc1. The second-order valence-corrected chi connectivity index (χ2v) is 4.68. The molecule has 4 nitrogen and oxygen atoms in total. The zero-order valence-electron chi connectivity index (χ0n) is 12.1. The summed E-state index contributed by atoms with van der Waals surface area (Å²) >= 11 is 0. The highest BCUT2D eigenvalue weighted by Crippen LogP contribution is 2.29. The minimum atomic E-state index is -0.345. The summed E-state index contributed by atoms with van der Waals surface area (Å²) in [5.74, 6) is -0.345. The first-order chi connectivity index (χ1) is 10.8. The number of methoxy groups -OCH3 is 1. The number of hydrogen-bond acceptors (Lipinski definition) is 4. The number of nitrogens with zero attached hydrogens (tertiary/aromatic N) is 2. The Morgan fingerprint density at radius 3 is 2.36 bits per heavy atom. The summed E-state index contributed by atoms with van der Waals surface area (Å²) in [5.41, 5.74) is 4.10. The third-order valence-corrected chi connectivity index (χ3v) is 3.33. The molecule has 1 aromatic carbocycles. The Balaban J connectivity index is 2.04. The number of carbonyl (C=O) groups excluding carboxylic acids is 1. The molecule has 0 fully saturated rings. The van der Waals surface area contributed by atoms with E-state index in [-0.39, 0.29) is 5.97 Å². The fourth-order valence-corrected chi connectivity index (χ4v) is 2.25. The van der Waals surface area contributed by atoms with Gasteiger partial charge in [-0.25, -0.2) is 4.79 Å². The summed E-state index contributed by atoms with van der Waals surface area (Å²) in [6.07, 6.45) is 3.49. The fourth-order valence-electron chi connectivity index (χ4n) is 2.25. The van der Waals surface area contributed by atoms with Crippen molar-refractivity contribution in [3.05, 3.63) is 72.6 Å². The topological polar surface area (TPSA) is 52.1 Å². The van der Waals surface area contributed by atoms with E-state index < -0.39 is 0 Å². The van der Waals surface area contributed by atoms with Crippen molar-refractivity contribution in [3.8, 4) is 22.5 Å². The van der Waals surface area contributed by atoms with Crippen molar-refractivity contribution in [2.75, 3.05) is 7.11 Å². The van der Waals surface area contributed by atoms with Gasteiger partial charge in [-0.2, -0.15) is 0 Å².